The highest BCUT2D eigenvalue weighted by atomic mass is 19.1. The highest BCUT2D eigenvalue weighted by molar-refractivity contribution is 5.89. The summed E-state index contributed by atoms with van der Waals surface area (Å²) in [5, 5.41) is 4.07. The molecule has 0 aromatic carbocycles. The van der Waals surface area contributed by atoms with Crippen molar-refractivity contribution in [2.75, 3.05) is 18.5 Å². The monoisotopic (exact) mass is 436 g/mol. The van der Waals surface area contributed by atoms with Gasteiger partial charge in [0.2, 0.25) is 5.91 Å². The molecule has 11 heteroatoms. The predicted octanol–water partition coefficient (Wildman–Crippen LogP) is 1.22. The lowest BCUT2D eigenvalue weighted by molar-refractivity contribution is -0.138. The van der Waals surface area contributed by atoms with Crippen molar-refractivity contribution < 1.29 is 18.7 Å². The Hall–Kier alpha value is -2.95. The number of aromatic nitrogens is 2. The zero-order chi connectivity index (χ0) is 22.2. The molecule has 1 atom stereocenters. The summed E-state index contributed by atoms with van der Waals surface area (Å²) in [7, 11) is 0. The lowest BCUT2D eigenvalue weighted by Gasteiger charge is -2.18. The Morgan fingerprint density at radius 1 is 1.39 bits per heavy atom. The van der Waals surface area contributed by atoms with Crippen molar-refractivity contribution in [2.45, 2.75) is 58.2 Å². The van der Waals surface area contributed by atoms with E-state index in [1.54, 1.807) is 13.0 Å². The smallest absolute Gasteiger partial charge is 0.357 e. The van der Waals surface area contributed by atoms with E-state index >= 15 is 0 Å². The van der Waals surface area contributed by atoms with Crippen molar-refractivity contribution in [3.8, 4) is 0 Å². The van der Waals surface area contributed by atoms with Crippen LogP contribution in [0.15, 0.2) is 29.0 Å². The zero-order valence-electron chi connectivity index (χ0n) is 17.6. The molecule has 2 heterocycles. The molecular weight excluding hydrogens is 407 g/mol. The molecule has 1 fully saturated rings. The second-order valence-electron chi connectivity index (χ2n) is 7.73. The summed E-state index contributed by atoms with van der Waals surface area (Å²) in [5.41, 5.74) is 4.94. The molecule has 2 aliphatic rings. The number of ether oxygens (including phenoxy) is 1. The van der Waals surface area contributed by atoms with Crippen LogP contribution in [0.4, 0.5) is 10.2 Å². The standard InChI is InChI=1S/C20H29FN6O4/c1-2-31-19(29)16-13-27(25-24-16)12-15(21)7-9-26-10-8-17(23-20(26)30)22-18(28)11-14-5-3-4-6-14/h8,10,13-15,24-25H,2-7,9,11-12H2,1H3,(H,22,23,28,30). The molecule has 10 nitrogen and oxygen atoms in total. The molecule has 0 saturated heterocycles. The molecule has 1 aromatic heterocycles. The summed E-state index contributed by atoms with van der Waals surface area (Å²) in [6.07, 6.45) is 6.65. The van der Waals surface area contributed by atoms with Crippen molar-refractivity contribution in [3.63, 3.8) is 0 Å². The lowest BCUT2D eigenvalue weighted by Crippen LogP contribution is -2.40. The topological polar surface area (TPSA) is 118 Å². The Morgan fingerprint density at radius 3 is 2.87 bits per heavy atom. The van der Waals surface area contributed by atoms with Crippen LogP contribution in [0, 0.1) is 5.92 Å². The Morgan fingerprint density at radius 2 is 2.16 bits per heavy atom. The largest absolute Gasteiger partial charge is 0.461 e. The highest BCUT2D eigenvalue weighted by Crippen LogP contribution is 2.27. The lowest BCUT2D eigenvalue weighted by atomic mass is 10.0. The Balaban J connectivity index is 1.44. The fourth-order valence-electron chi connectivity index (χ4n) is 3.69. The number of anilines is 1. The summed E-state index contributed by atoms with van der Waals surface area (Å²) >= 11 is 0. The van der Waals surface area contributed by atoms with Gasteiger partial charge >= 0.3 is 11.7 Å². The third-order valence-electron chi connectivity index (χ3n) is 5.28. The summed E-state index contributed by atoms with van der Waals surface area (Å²) in [5.74, 6) is -0.0429. The molecule has 3 N–H and O–H groups in total. The van der Waals surface area contributed by atoms with Gasteiger partial charge in [0.1, 0.15) is 12.0 Å². The maximum absolute atomic E-state index is 14.3. The first-order chi connectivity index (χ1) is 14.9. The average molecular weight is 436 g/mol. The van der Waals surface area contributed by atoms with Gasteiger partial charge in [-0.15, -0.1) is 5.53 Å². The summed E-state index contributed by atoms with van der Waals surface area (Å²) < 4.78 is 20.5. The number of hydrogen-bond donors (Lipinski definition) is 3. The first-order valence-corrected chi connectivity index (χ1v) is 10.6. The molecule has 0 radical (unpaired) electrons. The van der Waals surface area contributed by atoms with Crippen LogP contribution in [0.2, 0.25) is 0 Å². The normalized spacial score (nSPS) is 17.2. The number of hydrogen-bond acceptors (Lipinski definition) is 8. The number of esters is 1. The number of aryl methyl sites for hydroxylation is 1. The van der Waals surface area contributed by atoms with Crippen molar-refractivity contribution in [2.24, 2.45) is 5.92 Å². The van der Waals surface area contributed by atoms with Gasteiger partial charge in [-0.3, -0.25) is 19.8 Å². The van der Waals surface area contributed by atoms with E-state index in [0.29, 0.717) is 12.3 Å². The predicted molar refractivity (Wildman–Crippen MR) is 111 cm³/mol. The van der Waals surface area contributed by atoms with Gasteiger partial charge in [0.25, 0.3) is 0 Å². The second kappa shape index (κ2) is 10.9. The second-order valence-corrected chi connectivity index (χ2v) is 7.73. The Bertz CT molecular complexity index is 867. The van der Waals surface area contributed by atoms with Gasteiger partial charge in [-0.05, 0) is 38.2 Å². The van der Waals surface area contributed by atoms with E-state index in [0.717, 1.165) is 25.7 Å². The fourth-order valence-corrected chi connectivity index (χ4v) is 3.69. The Kier molecular flexibility index (Phi) is 7.99. The molecule has 31 heavy (non-hydrogen) atoms. The van der Waals surface area contributed by atoms with Crippen LogP contribution >= 0.6 is 0 Å². The SMILES string of the molecule is CCOC(=O)C1=CN(CC(F)CCn2ccc(NC(=O)CC3CCCC3)nc2=O)NN1. The van der Waals surface area contributed by atoms with Crippen molar-refractivity contribution >= 4 is 17.7 Å². The minimum Gasteiger partial charge on any atom is -0.461 e. The number of carbonyl (C=O) groups is 2. The van der Waals surface area contributed by atoms with Crippen LogP contribution in [-0.4, -0.2) is 45.8 Å². The number of rotatable bonds is 10. The third kappa shape index (κ3) is 6.78. The van der Waals surface area contributed by atoms with Crippen LogP contribution < -0.4 is 22.0 Å². The van der Waals surface area contributed by atoms with Crippen molar-refractivity contribution in [1.29, 1.82) is 0 Å². The molecule has 0 spiro atoms. The number of amides is 1. The minimum atomic E-state index is -1.26. The molecule has 1 aliphatic carbocycles. The highest BCUT2D eigenvalue weighted by Gasteiger charge is 2.21. The molecule has 0 bridgehead atoms. The number of carbonyl (C=O) groups excluding carboxylic acids is 2. The van der Waals surface area contributed by atoms with E-state index in [4.69, 9.17) is 4.74 Å². The number of alkyl halides is 1. The molecule has 1 aliphatic heterocycles. The number of nitrogens with one attached hydrogen (secondary N) is 3. The molecule has 1 saturated carbocycles. The van der Waals surface area contributed by atoms with Gasteiger partial charge in [-0.1, -0.05) is 12.8 Å². The quantitative estimate of drug-likeness (QED) is 0.469. The number of halogens is 1. The maximum atomic E-state index is 14.3. The van der Waals surface area contributed by atoms with Gasteiger partial charge in [0.05, 0.1) is 13.2 Å². The first-order valence-electron chi connectivity index (χ1n) is 10.6. The zero-order valence-corrected chi connectivity index (χ0v) is 17.6. The van der Waals surface area contributed by atoms with E-state index in [1.807, 2.05) is 0 Å². The van der Waals surface area contributed by atoms with Crippen LogP contribution in [0.5, 0.6) is 0 Å². The molecule has 3 rings (SSSR count). The average Bonchev–Trinajstić information content (AvgIpc) is 3.39. The molecule has 1 aromatic rings. The fraction of sp³-hybridized carbons (Fsp3) is 0.600. The van der Waals surface area contributed by atoms with Gasteiger partial charge in [-0.25, -0.2) is 14.0 Å². The van der Waals surface area contributed by atoms with E-state index in [2.05, 4.69) is 21.3 Å². The van der Waals surface area contributed by atoms with Gasteiger partial charge in [-0.2, -0.15) is 4.98 Å². The Labute approximate surface area is 179 Å². The summed E-state index contributed by atoms with van der Waals surface area (Å²) in [6.45, 7) is 2.06. The van der Waals surface area contributed by atoms with Crippen LogP contribution in [0.25, 0.3) is 0 Å². The van der Waals surface area contributed by atoms with E-state index in [1.165, 1.54) is 22.0 Å². The maximum Gasteiger partial charge on any atom is 0.357 e. The number of nitrogens with zero attached hydrogens (tertiary/aromatic N) is 3. The van der Waals surface area contributed by atoms with Crippen LogP contribution in [-0.2, 0) is 20.9 Å². The molecular formula is C20H29FN6O4. The van der Waals surface area contributed by atoms with Crippen molar-refractivity contribution in [1.82, 2.24) is 25.5 Å². The minimum absolute atomic E-state index is 0.0204. The summed E-state index contributed by atoms with van der Waals surface area (Å²) in [6, 6.07) is 1.54. The van der Waals surface area contributed by atoms with Gasteiger partial charge in [0, 0.05) is 25.4 Å². The number of hydrazine groups is 2. The van der Waals surface area contributed by atoms with Crippen LogP contribution in [0.3, 0.4) is 0 Å². The van der Waals surface area contributed by atoms with E-state index in [-0.39, 0.29) is 43.5 Å². The van der Waals surface area contributed by atoms with Crippen LogP contribution in [0.1, 0.15) is 45.4 Å². The van der Waals surface area contributed by atoms with Crippen molar-refractivity contribution in [3.05, 3.63) is 34.6 Å². The van der Waals surface area contributed by atoms with E-state index in [9.17, 15) is 18.8 Å². The molecule has 1 amide bonds. The summed E-state index contributed by atoms with van der Waals surface area (Å²) in [4.78, 5) is 39.8. The molecule has 1 unspecified atom stereocenters. The third-order valence-corrected chi connectivity index (χ3v) is 5.28. The van der Waals surface area contributed by atoms with Gasteiger partial charge in [0.15, 0.2) is 5.70 Å². The first kappa shape index (κ1) is 22.7. The van der Waals surface area contributed by atoms with Gasteiger partial charge < -0.3 is 10.1 Å². The molecule has 170 valence electrons. The van der Waals surface area contributed by atoms with E-state index < -0.39 is 17.8 Å².